The number of nitrogens with zero attached hydrogens (tertiary/aromatic N) is 1. The Hall–Kier alpha value is -3.50. The molecule has 3 aromatic carbocycles. The smallest absolute Gasteiger partial charge is 0.221 e. The lowest BCUT2D eigenvalue weighted by molar-refractivity contribution is -0.117. The number of carbonyl (C=O) groups excluding carboxylic acids is 2. The van der Waals surface area contributed by atoms with Crippen molar-refractivity contribution in [3.8, 4) is 0 Å². The number of pyridine rings is 1. The van der Waals surface area contributed by atoms with E-state index in [1.807, 2.05) is 72.8 Å². The molecule has 0 atom stereocenters. The van der Waals surface area contributed by atoms with Crippen LogP contribution in [-0.4, -0.2) is 16.7 Å². The second-order valence-corrected chi connectivity index (χ2v) is 8.63. The zero-order valence-corrected chi connectivity index (χ0v) is 19.0. The van der Waals surface area contributed by atoms with Crippen LogP contribution >= 0.6 is 11.6 Å². The molecule has 0 saturated carbocycles. The highest BCUT2D eigenvalue weighted by atomic mass is 35.5. The average molecular weight is 457 g/mol. The number of fused-ring (bicyclic) bond motifs is 1. The second kappa shape index (κ2) is 10.4. The van der Waals surface area contributed by atoms with Crippen LogP contribution in [0.2, 0.25) is 5.02 Å². The van der Waals surface area contributed by atoms with Crippen LogP contribution in [0, 0.1) is 0 Å². The van der Waals surface area contributed by atoms with E-state index < -0.39 is 0 Å². The van der Waals surface area contributed by atoms with Crippen LogP contribution in [0.25, 0.3) is 10.8 Å². The maximum absolute atomic E-state index is 12.6. The molecule has 0 aliphatic heterocycles. The zero-order valence-electron chi connectivity index (χ0n) is 18.3. The third-order valence-corrected chi connectivity index (χ3v) is 6.01. The number of aryl methyl sites for hydroxylation is 1. The lowest BCUT2D eigenvalue weighted by Gasteiger charge is -2.10. The summed E-state index contributed by atoms with van der Waals surface area (Å²) in [6.07, 6.45) is 4.71. The number of primary amides is 1. The monoisotopic (exact) mass is 456 g/mol. The van der Waals surface area contributed by atoms with Gasteiger partial charge in [-0.15, -0.1) is 0 Å². The van der Waals surface area contributed by atoms with Gasteiger partial charge in [0.15, 0.2) is 5.78 Å². The Labute approximate surface area is 198 Å². The highest BCUT2D eigenvalue weighted by Gasteiger charge is 2.11. The van der Waals surface area contributed by atoms with Crippen LogP contribution in [0.4, 0.5) is 0 Å². The Kier molecular flexibility index (Phi) is 7.16. The molecule has 0 unspecified atom stereocenters. The molecule has 1 heterocycles. The Morgan fingerprint density at radius 2 is 1.52 bits per heavy atom. The summed E-state index contributed by atoms with van der Waals surface area (Å²) in [4.78, 5) is 28.6. The molecule has 0 fully saturated rings. The molecule has 0 spiro atoms. The molecule has 0 bridgehead atoms. The molecule has 5 heteroatoms. The second-order valence-electron chi connectivity index (χ2n) is 8.20. The van der Waals surface area contributed by atoms with Crippen LogP contribution in [0.3, 0.4) is 0 Å². The minimum Gasteiger partial charge on any atom is -0.369 e. The standard InChI is InChI=1S/C28H25ClN2O2/c29-23-14-10-19(11-15-23)4-3-7-27(32)21-12-8-20(9-13-21)16-26-25-6-2-1-5-24(25)22(18-31-26)17-28(30)33/h1-2,5-6,8-15,18H,3-4,7,16-17H2,(H2,30,33). The van der Waals surface area contributed by atoms with Gasteiger partial charge in [-0.05, 0) is 47.1 Å². The molecule has 0 radical (unpaired) electrons. The van der Waals surface area contributed by atoms with E-state index in [1.165, 1.54) is 5.56 Å². The molecule has 2 N–H and O–H groups in total. The SMILES string of the molecule is NC(=O)Cc1cnc(Cc2ccc(C(=O)CCCc3ccc(Cl)cc3)cc2)c2ccccc12. The molecule has 0 saturated heterocycles. The van der Waals surface area contributed by atoms with Gasteiger partial charge in [0.2, 0.25) is 5.91 Å². The third-order valence-electron chi connectivity index (χ3n) is 5.75. The van der Waals surface area contributed by atoms with Gasteiger partial charge in [-0.2, -0.15) is 0 Å². The number of hydrogen-bond donors (Lipinski definition) is 1. The highest BCUT2D eigenvalue weighted by Crippen LogP contribution is 2.24. The Balaban J connectivity index is 1.41. The van der Waals surface area contributed by atoms with Crippen molar-refractivity contribution in [2.45, 2.75) is 32.1 Å². The zero-order chi connectivity index (χ0) is 23.2. The number of benzene rings is 3. The molecule has 166 valence electrons. The highest BCUT2D eigenvalue weighted by molar-refractivity contribution is 6.30. The van der Waals surface area contributed by atoms with Crippen molar-refractivity contribution in [2.24, 2.45) is 5.73 Å². The average Bonchev–Trinajstić information content (AvgIpc) is 2.82. The van der Waals surface area contributed by atoms with Gasteiger partial charge in [0.05, 0.1) is 12.1 Å². The molecule has 33 heavy (non-hydrogen) atoms. The normalized spacial score (nSPS) is 10.9. The summed E-state index contributed by atoms with van der Waals surface area (Å²) in [5, 5.41) is 2.73. The van der Waals surface area contributed by atoms with E-state index in [0.29, 0.717) is 12.8 Å². The van der Waals surface area contributed by atoms with Crippen LogP contribution in [0.1, 0.15) is 45.6 Å². The van der Waals surface area contributed by atoms with E-state index in [0.717, 1.165) is 51.0 Å². The van der Waals surface area contributed by atoms with Gasteiger partial charge in [0, 0.05) is 35.0 Å². The number of amides is 1. The fourth-order valence-electron chi connectivity index (χ4n) is 4.03. The first-order valence-corrected chi connectivity index (χ1v) is 11.4. The number of aromatic nitrogens is 1. The van der Waals surface area contributed by atoms with E-state index in [9.17, 15) is 9.59 Å². The molecule has 4 nitrogen and oxygen atoms in total. The number of halogens is 1. The largest absolute Gasteiger partial charge is 0.369 e. The lowest BCUT2D eigenvalue weighted by Crippen LogP contribution is -2.14. The maximum atomic E-state index is 12.6. The summed E-state index contributed by atoms with van der Waals surface area (Å²) >= 11 is 5.92. The first-order valence-electron chi connectivity index (χ1n) is 11.0. The predicted molar refractivity (Wildman–Crippen MR) is 133 cm³/mol. The molecule has 0 aliphatic rings. The van der Waals surface area contributed by atoms with Gasteiger partial charge in [-0.1, -0.05) is 72.3 Å². The van der Waals surface area contributed by atoms with Crippen LogP contribution in [0.5, 0.6) is 0 Å². The van der Waals surface area contributed by atoms with Gasteiger partial charge in [0.1, 0.15) is 0 Å². The Bertz CT molecular complexity index is 1280. The van der Waals surface area contributed by atoms with Crippen LogP contribution < -0.4 is 5.73 Å². The lowest BCUT2D eigenvalue weighted by atomic mass is 9.98. The predicted octanol–water partition coefficient (Wildman–Crippen LogP) is 5.71. The molecule has 0 aliphatic carbocycles. The van der Waals surface area contributed by atoms with Gasteiger partial charge in [-0.25, -0.2) is 0 Å². The number of rotatable bonds is 9. The minimum atomic E-state index is -0.372. The van der Waals surface area contributed by atoms with Crippen molar-refractivity contribution < 1.29 is 9.59 Å². The minimum absolute atomic E-state index is 0.148. The summed E-state index contributed by atoms with van der Waals surface area (Å²) < 4.78 is 0. The number of ketones is 1. The summed E-state index contributed by atoms with van der Waals surface area (Å²) in [5.74, 6) is -0.224. The van der Waals surface area contributed by atoms with E-state index in [4.69, 9.17) is 17.3 Å². The van der Waals surface area contributed by atoms with Crippen LogP contribution in [0.15, 0.2) is 79.0 Å². The quantitative estimate of drug-likeness (QED) is 0.328. The van der Waals surface area contributed by atoms with Crippen LogP contribution in [-0.2, 0) is 24.1 Å². The van der Waals surface area contributed by atoms with Gasteiger partial charge >= 0.3 is 0 Å². The third kappa shape index (κ3) is 5.85. The van der Waals surface area contributed by atoms with Gasteiger partial charge in [0.25, 0.3) is 0 Å². The number of nitrogens with two attached hydrogens (primary N) is 1. The number of hydrogen-bond acceptors (Lipinski definition) is 3. The first-order chi connectivity index (χ1) is 16.0. The Morgan fingerprint density at radius 3 is 2.21 bits per heavy atom. The van der Waals surface area contributed by atoms with E-state index in [2.05, 4.69) is 4.98 Å². The summed E-state index contributed by atoms with van der Waals surface area (Å²) in [7, 11) is 0. The molecule has 4 aromatic rings. The fourth-order valence-corrected chi connectivity index (χ4v) is 4.16. The molecule has 1 amide bonds. The summed E-state index contributed by atoms with van der Waals surface area (Å²) in [6.45, 7) is 0. The van der Waals surface area contributed by atoms with E-state index >= 15 is 0 Å². The van der Waals surface area contributed by atoms with Crippen molar-refractivity contribution in [2.75, 3.05) is 0 Å². The number of Topliss-reactive ketones (excluding diaryl/α,β-unsaturated/α-hetero) is 1. The van der Waals surface area contributed by atoms with Crippen molar-refractivity contribution in [3.63, 3.8) is 0 Å². The van der Waals surface area contributed by atoms with Crippen molar-refractivity contribution >= 4 is 34.1 Å². The van der Waals surface area contributed by atoms with E-state index in [1.54, 1.807) is 6.20 Å². The molecular weight excluding hydrogens is 432 g/mol. The summed E-state index contributed by atoms with van der Waals surface area (Å²) in [6, 6.07) is 23.4. The van der Waals surface area contributed by atoms with Crippen molar-refractivity contribution in [3.05, 3.63) is 112 Å². The molecule has 1 aromatic heterocycles. The van der Waals surface area contributed by atoms with Gasteiger partial charge in [-0.3, -0.25) is 14.6 Å². The maximum Gasteiger partial charge on any atom is 0.221 e. The van der Waals surface area contributed by atoms with Gasteiger partial charge < -0.3 is 5.73 Å². The molecule has 4 rings (SSSR count). The first kappa shape index (κ1) is 22.7. The van der Waals surface area contributed by atoms with E-state index in [-0.39, 0.29) is 18.1 Å². The fraction of sp³-hybridized carbons (Fsp3) is 0.179. The topological polar surface area (TPSA) is 73.1 Å². The summed E-state index contributed by atoms with van der Waals surface area (Å²) in [5.41, 5.74) is 10.1. The Morgan fingerprint density at radius 1 is 0.848 bits per heavy atom. The molecular formula is C28H25ClN2O2. The van der Waals surface area contributed by atoms with Crippen molar-refractivity contribution in [1.82, 2.24) is 4.98 Å². The number of carbonyl (C=O) groups is 2. The van der Waals surface area contributed by atoms with Crippen molar-refractivity contribution in [1.29, 1.82) is 0 Å².